The molecule has 230 valence electrons. The lowest BCUT2D eigenvalue weighted by Crippen LogP contribution is -2.19. The maximum absolute atomic E-state index is 14.7. The van der Waals surface area contributed by atoms with Crippen molar-refractivity contribution < 1.29 is 13.9 Å². The molecule has 45 heavy (non-hydrogen) atoms. The molecule has 0 bridgehead atoms. The smallest absolute Gasteiger partial charge is 0.224 e. The Hall–Kier alpha value is -5.16. The summed E-state index contributed by atoms with van der Waals surface area (Å²) in [6, 6.07) is 12.4. The van der Waals surface area contributed by atoms with Crippen LogP contribution in [0.5, 0.6) is 5.75 Å². The van der Waals surface area contributed by atoms with E-state index < -0.39 is 0 Å². The number of fused-ring (bicyclic) bond motifs is 2. The van der Waals surface area contributed by atoms with Crippen LogP contribution >= 0.6 is 0 Å². The molecule has 6 rings (SSSR count). The monoisotopic (exact) mass is 606 g/mol. The Morgan fingerprint density at radius 2 is 1.78 bits per heavy atom. The zero-order valence-corrected chi connectivity index (χ0v) is 25.9. The molecule has 0 aliphatic carbocycles. The van der Waals surface area contributed by atoms with E-state index in [1.165, 1.54) is 12.1 Å². The van der Waals surface area contributed by atoms with Gasteiger partial charge in [-0.05, 0) is 67.0 Å². The van der Waals surface area contributed by atoms with Gasteiger partial charge in [-0.15, -0.1) is 0 Å². The molecule has 10 nitrogen and oxygen atoms in total. The van der Waals surface area contributed by atoms with Crippen LogP contribution in [0.25, 0.3) is 55.7 Å². The van der Waals surface area contributed by atoms with Crippen molar-refractivity contribution in [2.45, 2.75) is 27.2 Å². The molecule has 0 aliphatic heterocycles. The summed E-state index contributed by atoms with van der Waals surface area (Å²) >= 11 is 0. The van der Waals surface area contributed by atoms with Crippen molar-refractivity contribution in [1.82, 2.24) is 35.0 Å². The van der Waals surface area contributed by atoms with Gasteiger partial charge in [-0.3, -0.25) is 14.9 Å². The van der Waals surface area contributed by atoms with Crippen molar-refractivity contribution >= 4 is 33.7 Å². The van der Waals surface area contributed by atoms with Crippen LogP contribution in [0.15, 0.2) is 67.3 Å². The van der Waals surface area contributed by atoms with Gasteiger partial charge in [0.05, 0.1) is 17.6 Å². The van der Waals surface area contributed by atoms with E-state index in [2.05, 4.69) is 35.5 Å². The summed E-state index contributed by atoms with van der Waals surface area (Å²) in [5.41, 5.74) is 6.28. The van der Waals surface area contributed by atoms with Gasteiger partial charge in [0.2, 0.25) is 5.91 Å². The number of anilines is 1. The number of pyridine rings is 3. The third kappa shape index (κ3) is 6.83. The van der Waals surface area contributed by atoms with Crippen LogP contribution in [0.3, 0.4) is 0 Å². The molecule has 0 spiro atoms. The van der Waals surface area contributed by atoms with Gasteiger partial charge in [0, 0.05) is 59.5 Å². The average Bonchev–Trinajstić information content (AvgIpc) is 3.59. The third-order valence-corrected chi connectivity index (χ3v) is 7.24. The normalized spacial score (nSPS) is 11.9. The summed E-state index contributed by atoms with van der Waals surface area (Å²) in [5, 5.41) is 12.1. The van der Waals surface area contributed by atoms with Gasteiger partial charge in [-0.1, -0.05) is 20.8 Å². The molecule has 0 saturated heterocycles. The second-order valence-electron chi connectivity index (χ2n) is 12.6. The van der Waals surface area contributed by atoms with Gasteiger partial charge >= 0.3 is 0 Å². The molecule has 0 atom stereocenters. The molecular formula is C34H35FN8O2. The van der Waals surface area contributed by atoms with E-state index in [9.17, 15) is 9.18 Å². The molecule has 5 aromatic heterocycles. The number of nitrogens with one attached hydrogen (secondary N) is 3. The fourth-order valence-corrected chi connectivity index (χ4v) is 5.17. The Labute approximate surface area is 260 Å². The van der Waals surface area contributed by atoms with Gasteiger partial charge in [-0.2, -0.15) is 5.10 Å². The summed E-state index contributed by atoms with van der Waals surface area (Å²) < 4.78 is 20.5. The van der Waals surface area contributed by atoms with Crippen molar-refractivity contribution in [3.8, 4) is 39.4 Å². The van der Waals surface area contributed by atoms with Crippen LogP contribution < -0.4 is 10.1 Å². The Morgan fingerprint density at radius 1 is 0.956 bits per heavy atom. The molecule has 3 N–H and O–H groups in total. The minimum absolute atomic E-state index is 0.0646. The first-order valence-corrected chi connectivity index (χ1v) is 14.7. The molecule has 6 aromatic rings. The molecule has 1 amide bonds. The van der Waals surface area contributed by atoms with Gasteiger partial charge < -0.3 is 19.9 Å². The molecule has 0 radical (unpaired) electrons. The molecular weight excluding hydrogens is 571 g/mol. The first kappa shape index (κ1) is 29.9. The molecule has 11 heteroatoms. The predicted molar refractivity (Wildman–Crippen MR) is 174 cm³/mol. The number of carbonyl (C=O) groups is 1. The fraction of sp³-hybridized carbons (Fsp3) is 0.265. The van der Waals surface area contributed by atoms with E-state index in [1.807, 2.05) is 70.1 Å². The van der Waals surface area contributed by atoms with Crippen LogP contribution in [0.1, 0.15) is 27.2 Å². The lowest BCUT2D eigenvalue weighted by atomic mass is 9.92. The lowest BCUT2D eigenvalue weighted by molar-refractivity contribution is -0.117. The molecule has 1 aromatic carbocycles. The van der Waals surface area contributed by atoms with Crippen LogP contribution in [0, 0.1) is 11.2 Å². The molecule has 0 aliphatic rings. The maximum atomic E-state index is 14.7. The molecule has 0 fully saturated rings. The fourth-order valence-electron chi connectivity index (χ4n) is 5.17. The van der Waals surface area contributed by atoms with Gasteiger partial charge in [0.1, 0.15) is 29.5 Å². The number of nitrogens with zero attached hydrogens (tertiary/aromatic N) is 5. The number of rotatable bonds is 9. The summed E-state index contributed by atoms with van der Waals surface area (Å²) in [6.45, 7) is 7.24. The second-order valence-corrected chi connectivity index (χ2v) is 12.6. The highest BCUT2D eigenvalue weighted by molar-refractivity contribution is 6.00. The number of ether oxygens (including phenoxy) is 1. The van der Waals surface area contributed by atoms with Crippen molar-refractivity contribution in [3.63, 3.8) is 0 Å². The van der Waals surface area contributed by atoms with Gasteiger partial charge in [0.25, 0.3) is 0 Å². The quantitative estimate of drug-likeness (QED) is 0.168. The van der Waals surface area contributed by atoms with Gasteiger partial charge in [0.15, 0.2) is 5.65 Å². The number of halogens is 1. The average molecular weight is 607 g/mol. The number of hydrogen-bond acceptors (Lipinski definition) is 7. The van der Waals surface area contributed by atoms with E-state index in [0.717, 1.165) is 39.7 Å². The minimum atomic E-state index is -0.377. The Bertz CT molecular complexity index is 2010. The summed E-state index contributed by atoms with van der Waals surface area (Å²) in [4.78, 5) is 31.4. The highest BCUT2D eigenvalue weighted by Crippen LogP contribution is 2.35. The number of H-pyrrole nitrogens is 2. The molecule has 0 saturated carbocycles. The summed E-state index contributed by atoms with van der Waals surface area (Å²) in [6.07, 6.45) is 7.20. The Balaban J connectivity index is 1.33. The number of aromatic amines is 2. The number of likely N-dealkylation sites (N-methyl/N-ethyl adjacent to an activating group) is 1. The highest BCUT2D eigenvalue weighted by atomic mass is 19.1. The first-order chi connectivity index (χ1) is 21.5. The number of carbonyl (C=O) groups excluding carboxylic acids is 1. The molecule has 5 heterocycles. The van der Waals surface area contributed by atoms with Gasteiger partial charge in [-0.25, -0.2) is 14.4 Å². The third-order valence-electron chi connectivity index (χ3n) is 7.24. The van der Waals surface area contributed by atoms with Crippen LogP contribution in [-0.4, -0.2) is 68.2 Å². The largest absolute Gasteiger partial charge is 0.492 e. The number of amides is 1. The predicted octanol–water partition coefficient (Wildman–Crippen LogP) is 6.68. The highest BCUT2D eigenvalue weighted by Gasteiger charge is 2.18. The second kappa shape index (κ2) is 12.1. The minimum Gasteiger partial charge on any atom is -0.492 e. The van der Waals surface area contributed by atoms with E-state index in [4.69, 9.17) is 4.74 Å². The Morgan fingerprint density at radius 3 is 2.58 bits per heavy atom. The van der Waals surface area contributed by atoms with Crippen molar-refractivity contribution in [3.05, 3.63) is 73.1 Å². The maximum Gasteiger partial charge on any atom is 0.224 e. The summed E-state index contributed by atoms with van der Waals surface area (Å²) in [7, 11) is 3.92. The number of benzene rings is 1. The van der Waals surface area contributed by atoms with E-state index in [-0.39, 0.29) is 17.1 Å². The van der Waals surface area contributed by atoms with E-state index >= 15 is 0 Å². The number of aromatic nitrogens is 6. The first-order valence-electron chi connectivity index (χ1n) is 14.7. The van der Waals surface area contributed by atoms with Crippen molar-refractivity contribution in [2.75, 3.05) is 32.6 Å². The van der Waals surface area contributed by atoms with Crippen molar-refractivity contribution in [2.24, 2.45) is 5.41 Å². The van der Waals surface area contributed by atoms with Crippen LogP contribution in [0.2, 0.25) is 0 Å². The zero-order valence-electron chi connectivity index (χ0n) is 25.9. The number of hydrogen-bond donors (Lipinski definition) is 3. The summed E-state index contributed by atoms with van der Waals surface area (Å²) in [5.74, 6) is 0.0272. The molecule has 0 unspecified atom stereocenters. The topological polar surface area (TPSA) is 125 Å². The SMILES string of the molecule is CN(C)CCOc1cc(F)cc(-c2ccnc3[nH]c(-c4n[nH]c5ncc(-c6cncc(NC(=O)CC(C)(C)C)c6)cc45)cc23)c1. The van der Waals surface area contributed by atoms with Crippen LogP contribution in [0.4, 0.5) is 10.1 Å². The van der Waals surface area contributed by atoms with Crippen LogP contribution in [-0.2, 0) is 4.79 Å². The zero-order chi connectivity index (χ0) is 31.7. The lowest BCUT2D eigenvalue weighted by Gasteiger charge is -2.17. The van der Waals surface area contributed by atoms with E-state index in [0.29, 0.717) is 47.0 Å². The Kier molecular flexibility index (Phi) is 8.03. The van der Waals surface area contributed by atoms with E-state index in [1.54, 1.807) is 24.8 Å². The van der Waals surface area contributed by atoms with Crippen molar-refractivity contribution in [1.29, 1.82) is 0 Å². The standard InChI is InChI=1S/C34H35FN8O2/c1-34(2,3)16-30(44)39-24-11-21(17-36-19-24)22-13-28-31(41-42-33(28)38-18-22)29-15-27-26(6-7-37-32(27)40-29)20-10-23(35)14-25(12-20)45-9-8-43(4)5/h6-7,10-15,17-19H,8-9,16H2,1-5H3,(H,37,40)(H,39,44)(H,38,41,42).